The minimum Gasteiger partial charge on any atom is -0.497 e. The standard InChI is InChI=1S/C26H29FN6O4/c1-5-24(35)29-22-8-6-7-9-23(22)30-26-28-15-18(25(31-26)32(2)11-10-27)16-33(17-34)19-12-20(36-3)14-21(13-19)37-4/h5-9,12-15,17H,1,10-11,16H2,2-4H3,(H,29,35)(H,28,30,31). The first-order chi connectivity index (χ1) is 17.9. The Hall–Kier alpha value is -4.67. The number of nitrogens with one attached hydrogen (secondary N) is 2. The molecule has 194 valence electrons. The number of hydrogen-bond donors (Lipinski definition) is 2. The monoisotopic (exact) mass is 508 g/mol. The fraction of sp³-hybridized carbons (Fsp3) is 0.231. The number of nitrogens with zero attached hydrogens (tertiary/aromatic N) is 4. The highest BCUT2D eigenvalue weighted by Gasteiger charge is 2.17. The molecule has 0 unspecified atom stereocenters. The lowest BCUT2D eigenvalue weighted by molar-refractivity contribution is -0.112. The van der Waals surface area contributed by atoms with Gasteiger partial charge in [0.25, 0.3) is 0 Å². The second-order valence-corrected chi connectivity index (χ2v) is 7.82. The molecule has 0 saturated heterocycles. The Bertz CT molecular complexity index is 1230. The van der Waals surface area contributed by atoms with E-state index in [0.29, 0.717) is 46.4 Å². The van der Waals surface area contributed by atoms with Crippen LogP contribution in [0.25, 0.3) is 0 Å². The second kappa shape index (κ2) is 12.9. The van der Waals surface area contributed by atoms with Crippen molar-refractivity contribution in [3.8, 4) is 11.5 Å². The lowest BCUT2D eigenvalue weighted by Crippen LogP contribution is -2.27. The largest absolute Gasteiger partial charge is 0.497 e. The third-order valence-electron chi connectivity index (χ3n) is 5.38. The summed E-state index contributed by atoms with van der Waals surface area (Å²) in [6.45, 7) is 3.07. The van der Waals surface area contributed by atoms with Crippen LogP contribution in [0.3, 0.4) is 0 Å². The first-order valence-corrected chi connectivity index (χ1v) is 11.3. The molecule has 0 bridgehead atoms. The van der Waals surface area contributed by atoms with Gasteiger partial charge in [0, 0.05) is 43.6 Å². The van der Waals surface area contributed by atoms with E-state index in [1.165, 1.54) is 25.2 Å². The van der Waals surface area contributed by atoms with E-state index in [9.17, 15) is 14.0 Å². The average molecular weight is 509 g/mol. The Morgan fingerprint density at radius 1 is 1.14 bits per heavy atom. The van der Waals surface area contributed by atoms with Crippen molar-refractivity contribution < 1.29 is 23.5 Å². The van der Waals surface area contributed by atoms with Gasteiger partial charge in [-0.2, -0.15) is 4.98 Å². The Morgan fingerprint density at radius 3 is 2.41 bits per heavy atom. The number of anilines is 5. The van der Waals surface area contributed by atoms with Crippen LogP contribution in [0.15, 0.2) is 61.3 Å². The lowest BCUT2D eigenvalue weighted by Gasteiger charge is -2.24. The average Bonchev–Trinajstić information content (AvgIpc) is 2.92. The molecule has 1 heterocycles. The number of ether oxygens (including phenoxy) is 2. The van der Waals surface area contributed by atoms with Crippen LogP contribution in [0.4, 0.5) is 33.2 Å². The number of halogens is 1. The van der Waals surface area contributed by atoms with Crippen molar-refractivity contribution in [1.29, 1.82) is 0 Å². The fourth-order valence-electron chi connectivity index (χ4n) is 3.47. The van der Waals surface area contributed by atoms with Crippen molar-refractivity contribution in [3.63, 3.8) is 0 Å². The van der Waals surface area contributed by atoms with Crippen LogP contribution in [0.1, 0.15) is 5.56 Å². The second-order valence-electron chi connectivity index (χ2n) is 7.82. The SMILES string of the molecule is C=CC(=O)Nc1ccccc1Nc1ncc(CN(C=O)c2cc(OC)cc(OC)c2)c(N(C)CCF)n1. The first kappa shape index (κ1) is 26.9. The predicted octanol–water partition coefficient (Wildman–Crippen LogP) is 3.93. The molecule has 1 aromatic heterocycles. The number of aromatic nitrogens is 2. The zero-order chi connectivity index (χ0) is 26.8. The third kappa shape index (κ3) is 6.94. The summed E-state index contributed by atoms with van der Waals surface area (Å²) in [5.74, 6) is 1.34. The summed E-state index contributed by atoms with van der Waals surface area (Å²) in [6, 6.07) is 12.1. The highest BCUT2D eigenvalue weighted by Crippen LogP contribution is 2.30. The maximum atomic E-state index is 13.2. The van der Waals surface area contributed by atoms with Crippen LogP contribution in [0.2, 0.25) is 0 Å². The van der Waals surface area contributed by atoms with Crippen LogP contribution in [0.5, 0.6) is 11.5 Å². The molecule has 10 nitrogen and oxygen atoms in total. The highest BCUT2D eigenvalue weighted by molar-refractivity contribution is 6.01. The van der Waals surface area contributed by atoms with Crippen molar-refractivity contribution in [2.24, 2.45) is 0 Å². The van der Waals surface area contributed by atoms with Crippen LogP contribution < -0.4 is 29.9 Å². The molecule has 3 rings (SSSR count). The van der Waals surface area contributed by atoms with Crippen LogP contribution in [-0.4, -0.2) is 56.8 Å². The molecule has 2 aromatic carbocycles. The van der Waals surface area contributed by atoms with Crippen molar-refractivity contribution in [2.45, 2.75) is 6.54 Å². The van der Waals surface area contributed by atoms with Gasteiger partial charge in [0.15, 0.2) is 0 Å². The molecule has 0 spiro atoms. The maximum Gasteiger partial charge on any atom is 0.247 e. The van der Waals surface area contributed by atoms with Gasteiger partial charge >= 0.3 is 0 Å². The quantitative estimate of drug-likeness (QED) is 0.264. The molecule has 37 heavy (non-hydrogen) atoms. The zero-order valence-corrected chi connectivity index (χ0v) is 20.9. The number of methoxy groups -OCH3 is 2. The Labute approximate surface area is 214 Å². The number of rotatable bonds is 13. The van der Waals surface area contributed by atoms with Gasteiger partial charge < -0.3 is 29.9 Å². The third-order valence-corrected chi connectivity index (χ3v) is 5.38. The van der Waals surface area contributed by atoms with E-state index in [4.69, 9.17) is 9.47 Å². The van der Waals surface area contributed by atoms with Gasteiger partial charge in [-0.3, -0.25) is 9.59 Å². The molecule has 3 aromatic rings. The fourth-order valence-corrected chi connectivity index (χ4v) is 3.47. The van der Waals surface area contributed by atoms with Crippen molar-refractivity contribution in [3.05, 3.63) is 66.9 Å². The molecule has 0 aliphatic heterocycles. The van der Waals surface area contributed by atoms with Gasteiger partial charge in [-0.25, -0.2) is 9.37 Å². The molecule has 0 atom stereocenters. The lowest BCUT2D eigenvalue weighted by atomic mass is 10.2. The molecule has 2 amide bonds. The molecule has 0 radical (unpaired) electrons. The van der Waals surface area contributed by atoms with Crippen molar-refractivity contribution in [2.75, 3.05) is 54.9 Å². The van der Waals surface area contributed by atoms with E-state index >= 15 is 0 Å². The highest BCUT2D eigenvalue weighted by atomic mass is 19.1. The molecule has 0 fully saturated rings. The van der Waals surface area contributed by atoms with Crippen molar-refractivity contribution >= 4 is 41.1 Å². The Balaban J connectivity index is 1.95. The van der Waals surface area contributed by atoms with Crippen molar-refractivity contribution in [1.82, 2.24) is 9.97 Å². The minimum absolute atomic E-state index is 0.0868. The summed E-state index contributed by atoms with van der Waals surface area (Å²) in [5.41, 5.74) is 2.20. The topological polar surface area (TPSA) is 109 Å². The van der Waals surface area contributed by atoms with Gasteiger partial charge in [-0.05, 0) is 18.2 Å². The van der Waals surface area contributed by atoms with E-state index in [1.54, 1.807) is 60.6 Å². The van der Waals surface area contributed by atoms with Crippen LogP contribution >= 0.6 is 0 Å². The van der Waals surface area contributed by atoms with Gasteiger partial charge in [0.05, 0.1) is 37.8 Å². The number of benzene rings is 2. The number of para-hydroxylation sites is 2. The zero-order valence-electron chi connectivity index (χ0n) is 20.9. The number of hydrogen-bond acceptors (Lipinski definition) is 8. The molecule has 0 aliphatic carbocycles. The maximum absolute atomic E-state index is 13.2. The predicted molar refractivity (Wildman–Crippen MR) is 142 cm³/mol. The molecule has 0 saturated carbocycles. The summed E-state index contributed by atoms with van der Waals surface area (Å²) >= 11 is 0. The normalized spacial score (nSPS) is 10.3. The van der Waals surface area contributed by atoms with E-state index in [-0.39, 0.29) is 24.9 Å². The Kier molecular flexibility index (Phi) is 9.36. The number of alkyl halides is 1. The van der Waals surface area contributed by atoms with Gasteiger partial charge in [0.2, 0.25) is 18.3 Å². The summed E-state index contributed by atoms with van der Waals surface area (Å²) in [4.78, 5) is 35.9. The minimum atomic E-state index is -0.594. The van der Waals surface area contributed by atoms with Crippen LogP contribution in [-0.2, 0) is 16.1 Å². The Morgan fingerprint density at radius 2 is 1.81 bits per heavy atom. The molecule has 0 aliphatic rings. The summed E-state index contributed by atoms with van der Waals surface area (Å²) in [7, 11) is 4.75. The number of carbonyl (C=O) groups is 2. The van der Waals surface area contributed by atoms with E-state index in [0.717, 1.165) is 0 Å². The first-order valence-electron chi connectivity index (χ1n) is 11.3. The molecule has 2 N–H and O–H groups in total. The molecular formula is C26H29FN6O4. The van der Waals surface area contributed by atoms with E-state index < -0.39 is 6.67 Å². The van der Waals surface area contributed by atoms with E-state index in [1.807, 2.05) is 0 Å². The van der Waals surface area contributed by atoms with Gasteiger partial charge in [-0.15, -0.1) is 0 Å². The summed E-state index contributed by atoms with van der Waals surface area (Å²) in [5, 5.41) is 5.81. The summed E-state index contributed by atoms with van der Waals surface area (Å²) in [6.07, 6.45) is 3.42. The summed E-state index contributed by atoms with van der Waals surface area (Å²) < 4.78 is 23.9. The molecule has 11 heteroatoms. The number of carbonyl (C=O) groups excluding carboxylic acids is 2. The van der Waals surface area contributed by atoms with Gasteiger partial charge in [-0.1, -0.05) is 18.7 Å². The molecular weight excluding hydrogens is 479 g/mol. The number of amides is 2. The van der Waals surface area contributed by atoms with Crippen LogP contribution in [0, 0.1) is 0 Å². The smallest absolute Gasteiger partial charge is 0.247 e. The van der Waals surface area contributed by atoms with E-state index in [2.05, 4.69) is 27.2 Å². The van der Waals surface area contributed by atoms with Gasteiger partial charge in [0.1, 0.15) is 24.0 Å².